The lowest BCUT2D eigenvalue weighted by Gasteiger charge is -2.12. The van der Waals surface area contributed by atoms with Crippen molar-refractivity contribution in [3.8, 4) is 5.75 Å². The number of urea groups is 1. The van der Waals surface area contributed by atoms with Gasteiger partial charge in [-0.3, -0.25) is 0 Å². The number of amides is 2. The van der Waals surface area contributed by atoms with Gasteiger partial charge in [0.25, 0.3) is 0 Å². The molecule has 7 heteroatoms. The van der Waals surface area contributed by atoms with Gasteiger partial charge in [-0.2, -0.15) is 0 Å². The van der Waals surface area contributed by atoms with E-state index in [1.807, 2.05) is 24.3 Å². The van der Waals surface area contributed by atoms with Crippen LogP contribution in [0.25, 0.3) is 0 Å². The van der Waals surface area contributed by atoms with Crippen LogP contribution < -0.4 is 15.4 Å². The third kappa shape index (κ3) is 5.15. The van der Waals surface area contributed by atoms with Gasteiger partial charge in [0.1, 0.15) is 5.75 Å². The number of hydrogen-bond donors (Lipinski definition) is 4. The molecule has 0 heterocycles. The quantitative estimate of drug-likeness (QED) is 0.562. The van der Waals surface area contributed by atoms with Crippen molar-refractivity contribution in [3.63, 3.8) is 0 Å². The number of carbonyl (C=O) groups is 2. The zero-order valence-corrected chi connectivity index (χ0v) is 11.1. The Hall–Kier alpha value is -2.28. The Morgan fingerprint density at radius 2 is 1.95 bits per heavy atom. The number of methoxy groups -OCH3 is 1. The second kappa shape index (κ2) is 8.00. The van der Waals surface area contributed by atoms with Gasteiger partial charge in [0.15, 0.2) is 6.04 Å². The minimum absolute atomic E-state index is 0.357. The summed E-state index contributed by atoms with van der Waals surface area (Å²) in [6.07, 6.45) is 0.605. The SMILES string of the molecule is COc1ccc(CCNC(=O)N[C@@H](CO)C(=O)O)cc1. The average Bonchev–Trinajstić information content (AvgIpc) is 2.45. The maximum absolute atomic E-state index is 11.4. The summed E-state index contributed by atoms with van der Waals surface area (Å²) in [4.78, 5) is 22.0. The lowest BCUT2D eigenvalue weighted by Crippen LogP contribution is -2.48. The van der Waals surface area contributed by atoms with Crippen molar-refractivity contribution in [2.45, 2.75) is 12.5 Å². The Morgan fingerprint density at radius 1 is 1.30 bits per heavy atom. The van der Waals surface area contributed by atoms with Crippen molar-refractivity contribution in [1.82, 2.24) is 10.6 Å². The van der Waals surface area contributed by atoms with Crippen molar-refractivity contribution in [2.75, 3.05) is 20.3 Å². The Morgan fingerprint density at radius 3 is 2.45 bits per heavy atom. The molecule has 0 aliphatic heterocycles. The summed E-state index contributed by atoms with van der Waals surface area (Å²) in [6.45, 7) is -0.294. The van der Waals surface area contributed by atoms with E-state index in [1.165, 1.54) is 0 Å². The number of carbonyl (C=O) groups excluding carboxylic acids is 1. The van der Waals surface area contributed by atoms with Crippen molar-refractivity contribution >= 4 is 12.0 Å². The molecule has 2 amide bonds. The van der Waals surface area contributed by atoms with Crippen molar-refractivity contribution in [2.24, 2.45) is 0 Å². The summed E-state index contributed by atoms with van der Waals surface area (Å²) in [5, 5.41) is 22.1. The molecule has 1 aromatic carbocycles. The summed E-state index contributed by atoms with van der Waals surface area (Å²) < 4.78 is 5.03. The van der Waals surface area contributed by atoms with Gasteiger partial charge in [-0.05, 0) is 24.1 Å². The summed E-state index contributed by atoms with van der Waals surface area (Å²) in [5.74, 6) is -0.524. The van der Waals surface area contributed by atoms with Crippen LogP contribution in [0.1, 0.15) is 5.56 Å². The highest BCUT2D eigenvalue weighted by Crippen LogP contribution is 2.11. The van der Waals surface area contributed by atoms with Gasteiger partial charge in [-0.25, -0.2) is 9.59 Å². The van der Waals surface area contributed by atoms with Crippen LogP contribution in [-0.4, -0.2) is 48.5 Å². The summed E-state index contributed by atoms with van der Waals surface area (Å²) in [7, 11) is 1.58. The van der Waals surface area contributed by atoms with Gasteiger partial charge in [0, 0.05) is 6.54 Å². The first-order valence-electron chi connectivity index (χ1n) is 6.07. The number of benzene rings is 1. The minimum atomic E-state index is -1.30. The summed E-state index contributed by atoms with van der Waals surface area (Å²) >= 11 is 0. The van der Waals surface area contributed by atoms with Crippen LogP contribution in [0.4, 0.5) is 4.79 Å². The largest absolute Gasteiger partial charge is 0.497 e. The number of hydrogen-bond acceptors (Lipinski definition) is 4. The standard InChI is InChI=1S/C13H18N2O5/c1-20-10-4-2-9(3-5-10)6-7-14-13(19)15-11(8-16)12(17)18/h2-5,11,16H,6-8H2,1H3,(H,17,18)(H2,14,15,19)/t11-/m0/s1. The van der Waals surface area contributed by atoms with Crippen LogP contribution in [0.5, 0.6) is 5.75 Å². The first-order valence-corrected chi connectivity index (χ1v) is 6.07. The molecular weight excluding hydrogens is 264 g/mol. The number of carboxylic acid groups (broad SMARTS) is 1. The number of nitrogens with one attached hydrogen (secondary N) is 2. The number of carboxylic acids is 1. The number of aliphatic hydroxyl groups excluding tert-OH is 1. The lowest BCUT2D eigenvalue weighted by atomic mass is 10.1. The Kier molecular flexibility index (Phi) is 6.31. The molecule has 0 fully saturated rings. The molecule has 0 bridgehead atoms. The molecule has 20 heavy (non-hydrogen) atoms. The molecule has 0 unspecified atom stereocenters. The van der Waals surface area contributed by atoms with E-state index in [0.717, 1.165) is 11.3 Å². The molecule has 1 rings (SSSR count). The highest BCUT2D eigenvalue weighted by Gasteiger charge is 2.17. The lowest BCUT2D eigenvalue weighted by molar-refractivity contribution is -0.140. The van der Waals surface area contributed by atoms with Crippen LogP contribution in [0.3, 0.4) is 0 Å². The van der Waals surface area contributed by atoms with E-state index in [-0.39, 0.29) is 0 Å². The van der Waals surface area contributed by atoms with E-state index < -0.39 is 24.6 Å². The molecule has 0 spiro atoms. The van der Waals surface area contributed by atoms with Crippen LogP contribution in [0.2, 0.25) is 0 Å². The number of rotatable bonds is 7. The van der Waals surface area contributed by atoms with Crippen LogP contribution in [0.15, 0.2) is 24.3 Å². The van der Waals surface area contributed by atoms with Crippen molar-refractivity contribution in [3.05, 3.63) is 29.8 Å². The Bertz CT molecular complexity index is 447. The van der Waals surface area contributed by atoms with Crippen molar-refractivity contribution < 1.29 is 24.5 Å². The van der Waals surface area contributed by atoms with Crippen LogP contribution >= 0.6 is 0 Å². The average molecular weight is 282 g/mol. The molecule has 0 radical (unpaired) electrons. The fourth-order valence-electron chi connectivity index (χ4n) is 1.51. The fourth-order valence-corrected chi connectivity index (χ4v) is 1.51. The second-order valence-corrected chi connectivity index (χ2v) is 4.07. The van der Waals surface area contributed by atoms with Gasteiger partial charge in [-0.15, -0.1) is 0 Å². The second-order valence-electron chi connectivity index (χ2n) is 4.07. The third-order valence-electron chi connectivity index (χ3n) is 2.64. The molecule has 0 aliphatic carbocycles. The summed E-state index contributed by atoms with van der Waals surface area (Å²) in [5.41, 5.74) is 1.02. The normalized spacial score (nSPS) is 11.5. The summed E-state index contributed by atoms with van der Waals surface area (Å²) in [6, 6.07) is 5.48. The number of aliphatic carboxylic acids is 1. The molecule has 110 valence electrons. The molecule has 0 saturated carbocycles. The predicted molar refractivity (Wildman–Crippen MR) is 71.7 cm³/mol. The van der Waals surface area contributed by atoms with Gasteiger partial charge in [0.2, 0.25) is 0 Å². The van der Waals surface area contributed by atoms with E-state index in [2.05, 4.69) is 10.6 Å². The van der Waals surface area contributed by atoms with Gasteiger partial charge in [0.05, 0.1) is 13.7 Å². The first-order chi connectivity index (χ1) is 9.56. The van der Waals surface area contributed by atoms with Gasteiger partial charge >= 0.3 is 12.0 Å². The highest BCUT2D eigenvalue weighted by molar-refractivity contribution is 5.82. The predicted octanol–water partition coefficient (Wildman–Crippen LogP) is -0.0176. The van der Waals surface area contributed by atoms with Gasteiger partial charge < -0.3 is 25.6 Å². The maximum Gasteiger partial charge on any atom is 0.328 e. The van der Waals surface area contributed by atoms with E-state index >= 15 is 0 Å². The molecule has 0 aliphatic rings. The highest BCUT2D eigenvalue weighted by atomic mass is 16.5. The molecule has 7 nitrogen and oxygen atoms in total. The topological polar surface area (TPSA) is 108 Å². The minimum Gasteiger partial charge on any atom is -0.497 e. The Balaban J connectivity index is 2.32. The maximum atomic E-state index is 11.4. The first kappa shape index (κ1) is 15.8. The molecule has 4 N–H and O–H groups in total. The zero-order chi connectivity index (χ0) is 15.0. The zero-order valence-electron chi connectivity index (χ0n) is 11.1. The van der Waals surface area contributed by atoms with E-state index in [4.69, 9.17) is 14.9 Å². The molecule has 1 aromatic rings. The third-order valence-corrected chi connectivity index (χ3v) is 2.64. The van der Waals surface area contributed by atoms with Crippen LogP contribution in [0, 0.1) is 0 Å². The molecule has 0 saturated heterocycles. The molecule has 0 aromatic heterocycles. The number of aliphatic hydroxyl groups is 1. The Labute approximate surface area is 116 Å². The van der Waals surface area contributed by atoms with E-state index in [0.29, 0.717) is 13.0 Å². The van der Waals surface area contributed by atoms with E-state index in [9.17, 15) is 9.59 Å². The monoisotopic (exact) mass is 282 g/mol. The van der Waals surface area contributed by atoms with E-state index in [1.54, 1.807) is 7.11 Å². The molecule has 1 atom stereocenters. The number of ether oxygens (including phenoxy) is 1. The fraction of sp³-hybridized carbons (Fsp3) is 0.385. The smallest absolute Gasteiger partial charge is 0.328 e. The van der Waals surface area contributed by atoms with Crippen LogP contribution in [-0.2, 0) is 11.2 Å². The molecular formula is C13H18N2O5. The van der Waals surface area contributed by atoms with Crippen molar-refractivity contribution in [1.29, 1.82) is 0 Å². The van der Waals surface area contributed by atoms with Gasteiger partial charge in [-0.1, -0.05) is 12.1 Å².